The van der Waals surface area contributed by atoms with Gasteiger partial charge < -0.3 is 20.1 Å². The monoisotopic (exact) mass is 481 g/mol. The highest BCUT2D eigenvalue weighted by molar-refractivity contribution is 6.30. The fraction of sp³-hybridized carbons (Fsp3) is 0.391. The van der Waals surface area contributed by atoms with Crippen LogP contribution in [-0.4, -0.2) is 56.6 Å². The van der Waals surface area contributed by atoms with Crippen LogP contribution >= 0.6 is 11.6 Å². The van der Waals surface area contributed by atoms with Crippen LogP contribution in [0.25, 0.3) is 0 Å². The normalized spacial score (nSPS) is 14.7. The summed E-state index contributed by atoms with van der Waals surface area (Å²) in [6, 6.07) is 11.4. The molecule has 2 amide bonds. The highest BCUT2D eigenvalue weighted by atomic mass is 35.5. The van der Waals surface area contributed by atoms with Gasteiger partial charge >= 0.3 is 6.61 Å². The van der Waals surface area contributed by atoms with Gasteiger partial charge in [-0.15, -0.1) is 0 Å². The quantitative estimate of drug-likeness (QED) is 0.541. The van der Waals surface area contributed by atoms with Gasteiger partial charge in [0.2, 0.25) is 5.91 Å². The van der Waals surface area contributed by atoms with Crippen molar-refractivity contribution < 1.29 is 27.8 Å². The molecule has 0 spiro atoms. The molecule has 1 aliphatic heterocycles. The number of carbonyl (C=O) groups excluding carboxylic acids is 2. The van der Waals surface area contributed by atoms with Crippen molar-refractivity contribution in [1.82, 2.24) is 15.5 Å². The van der Waals surface area contributed by atoms with E-state index in [0.29, 0.717) is 11.6 Å². The number of hydrogen-bond acceptors (Lipinski definition) is 5. The van der Waals surface area contributed by atoms with E-state index in [1.54, 1.807) is 6.07 Å². The molecule has 2 aromatic carbocycles. The number of likely N-dealkylation sites (tertiary alicyclic amines) is 1. The van der Waals surface area contributed by atoms with Gasteiger partial charge in [-0.2, -0.15) is 8.78 Å². The van der Waals surface area contributed by atoms with Gasteiger partial charge in [0.15, 0.2) is 11.5 Å². The number of ether oxygens (including phenoxy) is 2. The molecule has 0 aliphatic carbocycles. The molecule has 3 rings (SSSR count). The Morgan fingerprint density at radius 3 is 2.52 bits per heavy atom. The SMILES string of the molecule is COc1cc(C(=O)NCC(=O)NCC(c2cccc(Cl)c2)N2CCCC2)ccc1OC(F)F. The zero-order valence-corrected chi connectivity index (χ0v) is 18.9. The van der Waals surface area contributed by atoms with E-state index in [1.165, 1.54) is 25.3 Å². The van der Waals surface area contributed by atoms with Crippen molar-refractivity contribution in [2.75, 3.05) is 33.3 Å². The third-order valence-corrected chi connectivity index (χ3v) is 5.59. The van der Waals surface area contributed by atoms with Crippen molar-refractivity contribution in [2.45, 2.75) is 25.5 Å². The minimum Gasteiger partial charge on any atom is -0.493 e. The average Bonchev–Trinajstić information content (AvgIpc) is 3.32. The van der Waals surface area contributed by atoms with Gasteiger partial charge in [-0.3, -0.25) is 14.5 Å². The number of amides is 2. The second-order valence-electron chi connectivity index (χ2n) is 7.54. The molecule has 1 fully saturated rings. The van der Waals surface area contributed by atoms with Crippen molar-refractivity contribution >= 4 is 23.4 Å². The summed E-state index contributed by atoms with van der Waals surface area (Å²) in [5.41, 5.74) is 1.17. The van der Waals surface area contributed by atoms with E-state index < -0.39 is 12.5 Å². The molecule has 7 nitrogen and oxygen atoms in total. The number of hydrogen-bond donors (Lipinski definition) is 2. The molecular formula is C23H26ClF2N3O4. The first-order valence-electron chi connectivity index (χ1n) is 10.5. The maximum atomic E-state index is 12.5. The van der Waals surface area contributed by atoms with E-state index in [-0.39, 0.29) is 35.6 Å². The number of nitrogens with zero attached hydrogens (tertiary/aromatic N) is 1. The number of benzene rings is 2. The van der Waals surface area contributed by atoms with Crippen molar-refractivity contribution in [3.05, 3.63) is 58.6 Å². The average molecular weight is 482 g/mol. The second kappa shape index (κ2) is 11.8. The molecule has 10 heteroatoms. The zero-order chi connectivity index (χ0) is 23.8. The molecule has 0 saturated carbocycles. The molecule has 0 aromatic heterocycles. The second-order valence-corrected chi connectivity index (χ2v) is 7.98. The van der Waals surface area contributed by atoms with Gasteiger partial charge in [0, 0.05) is 17.1 Å². The minimum absolute atomic E-state index is 0.0117. The van der Waals surface area contributed by atoms with E-state index in [0.717, 1.165) is 31.5 Å². The van der Waals surface area contributed by atoms with Gasteiger partial charge in [0.1, 0.15) is 0 Å². The summed E-state index contributed by atoms with van der Waals surface area (Å²) in [7, 11) is 1.28. The Balaban J connectivity index is 1.56. The fourth-order valence-corrected chi connectivity index (χ4v) is 3.96. The number of nitrogens with one attached hydrogen (secondary N) is 2. The van der Waals surface area contributed by atoms with Gasteiger partial charge in [0.05, 0.1) is 19.7 Å². The molecular weight excluding hydrogens is 456 g/mol. The minimum atomic E-state index is -3.02. The maximum absolute atomic E-state index is 12.5. The number of alkyl halides is 2. The molecule has 2 N–H and O–H groups in total. The molecule has 1 atom stereocenters. The van der Waals surface area contributed by atoms with E-state index >= 15 is 0 Å². The summed E-state index contributed by atoms with van der Waals surface area (Å²) in [6.45, 7) is -0.992. The first-order chi connectivity index (χ1) is 15.9. The molecule has 1 aliphatic rings. The molecule has 1 unspecified atom stereocenters. The van der Waals surface area contributed by atoms with E-state index in [4.69, 9.17) is 16.3 Å². The zero-order valence-electron chi connectivity index (χ0n) is 18.2. The summed E-state index contributed by atoms with van der Waals surface area (Å²) >= 11 is 6.15. The highest BCUT2D eigenvalue weighted by Gasteiger charge is 2.24. The summed E-state index contributed by atoms with van der Waals surface area (Å²) in [5, 5.41) is 6.03. The van der Waals surface area contributed by atoms with Crippen molar-refractivity contribution in [3.8, 4) is 11.5 Å². The van der Waals surface area contributed by atoms with Crippen LogP contribution in [0.4, 0.5) is 8.78 Å². The Morgan fingerprint density at radius 2 is 1.85 bits per heavy atom. The Morgan fingerprint density at radius 1 is 1.09 bits per heavy atom. The molecule has 0 radical (unpaired) electrons. The predicted octanol–water partition coefficient (Wildman–Crippen LogP) is 3.63. The Hall–Kier alpha value is -2.91. The van der Waals surface area contributed by atoms with Crippen LogP contribution in [0.3, 0.4) is 0 Å². The maximum Gasteiger partial charge on any atom is 0.387 e. The number of methoxy groups -OCH3 is 1. The molecule has 1 heterocycles. The molecule has 2 aromatic rings. The third kappa shape index (κ3) is 7.03. The summed E-state index contributed by atoms with van der Waals surface area (Å²) in [5.74, 6) is -1.09. The van der Waals surface area contributed by atoms with E-state index in [9.17, 15) is 18.4 Å². The van der Waals surface area contributed by atoms with Crippen LogP contribution in [0, 0.1) is 0 Å². The van der Waals surface area contributed by atoms with Crippen LogP contribution in [0.5, 0.6) is 11.5 Å². The lowest BCUT2D eigenvalue weighted by Crippen LogP contribution is -2.41. The van der Waals surface area contributed by atoms with Gasteiger partial charge in [-0.25, -0.2) is 0 Å². The van der Waals surface area contributed by atoms with Crippen LogP contribution in [0.2, 0.25) is 5.02 Å². The number of halogens is 3. The topological polar surface area (TPSA) is 79.9 Å². The molecule has 33 heavy (non-hydrogen) atoms. The Bertz CT molecular complexity index is 970. The van der Waals surface area contributed by atoms with Crippen molar-refractivity contribution in [3.63, 3.8) is 0 Å². The Kier molecular flexibility index (Phi) is 8.85. The van der Waals surface area contributed by atoms with Crippen LogP contribution < -0.4 is 20.1 Å². The van der Waals surface area contributed by atoms with Gasteiger partial charge in [-0.1, -0.05) is 23.7 Å². The number of carbonyl (C=O) groups is 2. The van der Waals surface area contributed by atoms with Crippen molar-refractivity contribution in [2.24, 2.45) is 0 Å². The lowest BCUT2D eigenvalue weighted by molar-refractivity contribution is -0.120. The third-order valence-electron chi connectivity index (χ3n) is 5.36. The summed E-state index contributed by atoms with van der Waals surface area (Å²) in [4.78, 5) is 27.1. The van der Waals surface area contributed by atoms with E-state index in [2.05, 4.69) is 20.3 Å². The van der Waals surface area contributed by atoms with Crippen LogP contribution in [0.15, 0.2) is 42.5 Å². The smallest absolute Gasteiger partial charge is 0.387 e. The van der Waals surface area contributed by atoms with Crippen LogP contribution in [-0.2, 0) is 4.79 Å². The molecule has 0 bridgehead atoms. The largest absolute Gasteiger partial charge is 0.493 e. The van der Waals surface area contributed by atoms with Gasteiger partial charge in [-0.05, 0) is 61.8 Å². The summed E-state index contributed by atoms with van der Waals surface area (Å²) in [6.07, 6.45) is 2.21. The standard InChI is InChI=1S/C23H26ClF2N3O4/c1-32-20-12-16(7-8-19(20)33-23(25)26)22(31)28-14-21(30)27-13-18(29-9-2-3-10-29)15-5-4-6-17(24)11-15/h4-8,11-12,18,23H,2-3,9-10,13-14H2,1H3,(H,27,30)(H,28,31). The predicted molar refractivity (Wildman–Crippen MR) is 120 cm³/mol. The Labute approximate surface area is 196 Å². The first-order valence-corrected chi connectivity index (χ1v) is 10.9. The molecule has 178 valence electrons. The van der Waals surface area contributed by atoms with E-state index in [1.807, 2.05) is 18.2 Å². The van der Waals surface area contributed by atoms with Crippen LogP contribution in [0.1, 0.15) is 34.8 Å². The van der Waals surface area contributed by atoms with Crippen molar-refractivity contribution in [1.29, 1.82) is 0 Å². The fourth-order valence-electron chi connectivity index (χ4n) is 3.76. The first kappa shape index (κ1) is 24.7. The lowest BCUT2D eigenvalue weighted by Gasteiger charge is -2.28. The van der Waals surface area contributed by atoms with Gasteiger partial charge in [0.25, 0.3) is 5.91 Å². The summed E-state index contributed by atoms with van der Waals surface area (Å²) < 4.78 is 34.2. The molecule has 1 saturated heterocycles. The lowest BCUT2D eigenvalue weighted by atomic mass is 10.1. The number of rotatable bonds is 10. The highest BCUT2D eigenvalue weighted by Crippen LogP contribution is 2.29.